The second-order valence-electron chi connectivity index (χ2n) is 6.59. The number of nitrogens with one attached hydrogen (secondary N) is 3. The van der Waals surface area contributed by atoms with Crippen LogP contribution in [0.3, 0.4) is 0 Å². The summed E-state index contributed by atoms with van der Waals surface area (Å²) in [7, 11) is 0. The van der Waals surface area contributed by atoms with Crippen molar-refractivity contribution in [3.05, 3.63) is 28.7 Å². The first kappa shape index (κ1) is 17.9. The molecule has 1 heterocycles. The van der Waals surface area contributed by atoms with Gasteiger partial charge in [0, 0.05) is 16.3 Å². The van der Waals surface area contributed by atoms with Gasteiger partial charge >= 0.3 is 0 Å². The lowest BCUT2D eigenvalue weighted by atomic mass is 9.92. The molecule has 0 spiro atoms. The van der Waals surface area contributed by atoms with Crippen LogP contribution in [0.25, 0.3) is 0 Å². The Hall–Kier alpha value is -1.40. The molecule has 1 saturated heterocycles. The standard InChI is InChI=1S/C17H24BrN3O2/c1-12-7-13(2)10-21(9-12)11-17(23)19-8-16(22)20-15-6-4-3-5-14(15)18/h3-6,12-13H,7-11H2,1-2H3,(H,19,23)(H,20,22)/p+1/t12-,13-/m0/s1. The molecule has 1 aromatic carbocycles. The monoisotopic (exact) mass is 382 g/mol. The molecule has 2 amide bonds. The largest absolute Gasteiger partial charge is 0.342 e. The first-order chi connectivity index (χ1) is 10.9. The van der Waals surface area contributed by atoms with Crippen molar-refractivity contribution in [1.29, 1.82) is 0 Å². The highest BCUT2D eigenvalue weighted by Gasteiger charge is 2.26. The number of para-hydroxylation sites is 1. The highest BCUT2D eigenvalue weighted by atomic mass is 79.9. The van der Waals surface area contributed by atoms with Crippen LogP contribution in [-0.2, 0) is 9.59 Å². The molecule has 0 bridgehead atoms. The highest BCUT2D eigenvalue weighted by Crippen LogP contribution is 2.20. The predicted octanol–water partition coefficient (Wildman–Crippen LogP) is 1.06. The van der Waals surface area contributed by atoms with E-state index in [2.05, 4.69) is 40.4 Å². The van der Waals surface area contributed by atoms with E-state index in [1.54, 1.807) is 0 Å². The van der Waals surface area contributed by atoms with Gasteiger partial charge in [0.15, 0.2) is 6.54 Å². The summed E-state index contributed by atoms with van der Waals surface area (Å²) in [4.78, 5) is 25.2. The van der Waals surface area contributed by atoms with Crippen molar-refractivity contribution in [2.75, 3.05) is 31.5 Å². The van der Waals surface area contributed by atoms with Crippen LogP contribution in [0, 0.1) is 11.8 Å². The molecule has 126 valence electrons. The number of likely N-dealkylation sites (tertiary alicyclic amines) is 1. The number of benzene rings is 1. The zero-order valence-electron chi connectivity index (χ0n) is 13.7. The van der Waals surface area contributed by atoms with Crippen LogP contribution in [0.2, 0.25) is 0 Å². The minimum absolute atomic E-state index is 0.00143. The average molecular weight is 383 g/mol. The van der Waals surface area contributed by atoms with Gasteiger partial charge in [-0.1, -0.05) is 26.0 Å². The molecule has 6 heteroatoms. The number of quaternary nitrogens is 1. The Bertz CT molecular complexity index is 555. The number of carbonyl (C=O) groups excluding carboxylic acids is 2. The smallest absolute Gasteiger partial charge is 0.275 e. The third-order valence-corrected chi connectivity index (χ3v) is 4.78. The van der Waals surface area contributed by atoms with Gasteiger partial charge in [-0.3, -0.25) is 9.59 Å². The summed E-state index contributed by atoms with van der Waals surface area (Å²) in [5, 5.41) is 5.49. The second-order valence-corrected chi connectivity index (χ2v) is 7.44. The van der Waals surface area contributed by atoms with Gasteiger partial charge < -0.3 is 15.5 Å². The molecule has 1 aliphatic heterocycles. The summed E-state index contributed by atoms with van der Waals surface area (Å²) in [6.45, 7) is 6.97. The van der Waals surface area contributed by atoms with E-state index in [0.29, 0.717) is 24.1 Å². The van der Waals surface area contributed by atoms with E-state index in [1.165, 1.54) is 11.3 Å². The van der Waals surface area contributed by atoms with E-state index in [4.69, 9.17) is 0 Å². The molecule has 0 radical (unpaired) electrons. The normalized spacial score (nSPS) is 24.0. The number of amides is 2. The van der Waals surface area contributed by atoms with Gasteiger partial charge in [0.25, 0.3) is 5.91 Å². The number of halogens is 1. The molecule has 3 N–H and O–H groups in total. The zero-order valence-corrected chi connectivity index (χ0v) is 15.3. The lowest BCUT2D eigenvalue weighted by molar-refractivity contribution is -0.904. The minimum Gasteiger partial charge on any atom is -0.342 e. The quantitative estimate of drug-likeness (QED) is 0.712. The van der Waals surface area contributed by atoms with Gasteiger partial charge in [-0.2, -0.15) is 0 Å². The van der Waals surface area contributed by atoms with Crippen molar-refractivity contribution in [3.63, 3.8) is 0 Å². The number of carbonyl (C=O) groups is 2. The first-order valence-electron chi connectivity index (χ1n) is 8.08. The van der Waals surface area contributed by atoms with Gasteiger partial charge in [0.1, 0.15) is 0 Å². The molecule has 2 rings (SSSR count). The maximum absolute atomic E-state index is 12.0. The van der Waals surface area contributed by atoms with Gasteiger partial charge in [-0.15, -0.1) is 0 Å². The summed E-state index contributed by atoms with van der Waals surface area (Å²) in [6.07, 6.45) is 1.24. The van der Waals surface area contributed by atoms with Crippen LogP contribution in [0.5, 0.6) is 0 Å². The van der Waals surface area contributed by atoms with Crippen LogP contribution in [-0.4, -0.2) is 38.0 Å². The highest BCUT2D eigenvalue weighted by molar-refractivity contribution is 9.10. The fourth-order valence-corrected chi connectivity index (χ4v) is 3.68. The molecule has 1 aromatic rings. The number of hydrogen-bond donors (Lipinski definition) is 3. The molecule has 1 fully saturated rings. The zero-order chi connectivity index (χ0) is 16.8. The topological polar surface area (TPSA) is 62.6 Å². The minimum atomic E-state index is -0.222. The van der Waals surface area contributed by atoms with E-state index in [0.717, 1.165) is 17.6 Å². The second kappa shape index (κ2) is 8.45. The van der Waals surface area contributed by atoms with Gasteiger partial charge in [-0.25, -0.2) is 0 Å². The molecular formula is C17H25BrN3O2+. The van der Waals surface area contributed by atoms with Crippen molar-refractivity contribution < 1.29 is 14.5 Å². The lowest BCUT2D eigenvalue weighted by Crippen LogP contribution is -3.15. The van der Waals surface area contributed by atoms with Crippen LogP contribution >= 0.6 is 15.9 Å². The van der Waals surface area contributed by atoms with Crippen LogP contribution in [0.4, 0.5) is 5.69 Å². The Morgan fingerprint density at radius 2 is 1.83 bits per heavy atom. The molecule has 2 atom stereocenters. The Kier molecular flexibility index (Phi) is 6.59. The maximum Gasteiger partial charge on any atom is 0.275 e. The van der Waals surface area contributed by atoms with Gasteiger partial charge in [0.2, 0.25) is 5.91 Å². The van der Waals surface area contributed by atoms with E-state index >= 15 is 0 Å². The SMILES string of the molecule is C[C@H]1C[C@H](C)C[NH+](CC(=O)NCC(=O)Nc2ccccc2Br)C1. The van der Waals surface area contributed by atoms with Crippen molar-refractivity contribution in [3.8, 4) is 0 Å². The Balaban J connectivity index is 1.73. The Labute approximate surface area is 145 Å². The molecule has 0 unspecified atom stereocenters. The molecule has 0 aromatic heterocycles. The molecular weight excluding hydrogens is 358 g/mol. The first-order valence-corrected chi connectivity index (χ1v) is 8.88. The number of rotatable bonds is 5. The third kappa shape index (κ3) is 5.95. The Morgan fingerprint density at radius 1 is 1.17 bits per heavy atom. The average Bonchev–Trinajstić information content (AvgIpc) is 2.46. The van der Waals surface area contributed by atoms with E-state index in [1.807, 2.05) is 24.3 Å². The third-order valence-electron chi connectivity index (χ3n) is 4.08. The number of hydrogen-bond acceptors (Lipinski definition) is 2. The summed E-state index contributed by atoms with van der Waals surface area (Å²) in [6, 6.07) is 7.40. The maximum atomic E-state index is 12.0. The van der Waals surface area contributed by atoms with E-state index < -0.39 is 0 Å². The summed E-state index contributed by atoms with van der Waals surface area (Å²) in [5.74, 6) is 1.02. The summed E-state index contributed by atoms with van der Waals surface area (Å²) in [5.41, 5.74) is 0.705. The molecule has 1 aliphatic rings. The predicted molar refractivity (Wildman–Crippen MR) is 94.3 cm³/mol. The summed E-state index contributed by atoms with van der Waals surface area (Å²) >= 11 is 3.38. The van der Waals surface area contributed by atoms with Crippen molar-refractivity contribution in [2.24, 2.45) is 11.8 Å². The lowest BCUT2D eigenvalue weighted by Gasteiger charge is -2.31. The molecule has 0 saturated carbocycles. The molecule has 0 aliphatic carbocycles. The van der Waals surface area contributed by atoms with Crippen LogP contribution in [0.15, 0.2) is 28.7 Å². The van der Waals surface area contributed by atoms with Crippen molar-refractivity contribution in [2.45, 2.75) is 20.3 Å². The van der Waals surface area contributed by atoms with Crippen molar-refractivity contribution in [1.82, 2.24) is 5.32 Å². The van der Waals surface area contributed by atoms with Crippen molar-refractivity contribution >= 4 is 33.4 Å². The fourth-order valence-electron chi connectivity index (χ4n) is 3.29. The number of piperidine rings is 1. The van der Waals surface area contributed by atoms with Gasteiger partial charge in [0.05, 0.1) is 25.3 Å². The van der Waals surface area contributed by atoms with E-state index in [-0.39, 0.29) is 18.4 Å². The summed E-state index contributed by atoms with van der Waals surface area (Å²) < 4.78 is 0.820. The fraction of sp³-hybridized carbons (Fsp3) is 0.529. The molecule has 5 nitrogen and oxygen atoms in total. The van der Waals surface area contributed by atoms with Crippen LogP contribution in [0.1, 0.15) is 20.3 Å². The van der Waals surface area contributed by atoms with Gasteiger partial charge in [-0.05, 0) is 34.5 Å². The number of anilines is 1. The Morgan fingerprint density at radius 3 is 2.48 bits per heavy atom. The molecule has 23 heavy (non-hydrogen) atoms. The van der Waals surface area contributed by atoms with E-state index in [9.17, 15) is 9.59 Å². The van der Waals surface area contributed by atoms with Crippen LogP contribution < -0.4 is 15.5 Å².